The number of alkyl halides is 6. The topological polar surface area (TPSA) is 340 Å². The summed E-state index contributed by atoms with van der Waals surface area (Å²) in [6.07, 6.45) is 9.57. The van der Waals surface area contributed by atoms with Crippen molar-refractivity contribution in [3.05, 3.63) is 118 Å². The molecule has 0 radical (unpaired) electrons. The maximum atomic E-state index is 12.4. The van der Waals surface area contributed by atoms with Gasteiger partial charge in [-0.25, -0.2) is 53.0 Å². The van der Waals surface area contributed by atoms with Gasteiger partial charge in [-0.3, -0.25) is 4.79 Å². The number of nitrogens with zero attached hydrogens (tertiary/aromatic N) is 16. The average molecular weight is 1480 g/mol. The molecular weight excluding hydrogens is 1410 g/mol. The monoisotopic (exact) mass is 1480 g/mol. The van der Waals surface area contributed by atoms with E-state index in [4.69, 9.17) is 50.6 Å². The van der Waals surface area contributed by atoms with Gasteiger partial charge in [0.1, 0.15) is 76.3 Å². The highest BCUT2D eigenvalue weighted by atomic mass is 35.5. The molecule has 4 saturated heterocycles. The summed E-state index contributed by atoms with van der Waals surface area (Å²) in [6, 6.07) is 17.1. The van der Waals surface area contributed by atoms with Gasteiger partial charge in [-0.15, -0.1) is 0 Å². The minimum atomic E-state index is -4.21. The lowest BCUT2D eigenvalue weighted by molar-refractivity contribution is -0.126. The number of anilines is 4. The molecule has 34 heteroatoms. The third kappa shape index (κ3) is 15.2. The average Bonchev–Trinajstić information content (AvgIpc) is 1.62. The van der Waals surface area contributed by atoms with Crippen molar-refractivity contribution in [1.29, 1.82) is 21.0 Å². The van der Waals surface area contributed by atoms with Crippen LogP contribution in [0.15, 0.2) is 79.9 Å². The number of hydrogen-bond donors (Lipinski definition) is 8. The summed E-state index contributed by atoms with van der Waals surface area (Å²) in [5.74, 6) is 0.0189. The van der Waals surface area contributed by atoms with Gasteiger partial charge in [0.2, 0.25) is 5.91 Å². The molecule has 12 aromatic heterocycles. The fourth-order valence-corrected chi connectivity index (χ4v) is 14.7. The van der Waals surface area contributed by atoms with Gasteiger partial charge < -0.3 is 60.8 Å². The smallest absolute Gasteiger partial charge is 0.369 e. The molecule has 4 aliphatic heterocycles. The molecule has 104 heavy (non-hydrogen) atoms. The van der Waals surface area contributed by atoms with E-state index in [2.05, 4.69) is 113 Å². The first-order chi connectivity index (χ1) is 50.2. The Bertz CT molecular complexity index is 5400. The SMILES string of the molecule is CC(C)C(=O)N[C@H]1CCN(c2c(Cl)cnc3[nH]c4cnc(C#N)cc4c23)C1.N#Cc1cc2c(cn1)[nH]c1ncc(Cl)c(N3CC[C@H](NCC(F)F)C3)c12.N#Cc1cc2c(cn1)[nH]c1ncc(Cl)c(N3CC[C@H](NCCF)C3)c12.N#Cc1cc2c(cn1)[nH]c1nccc(N3CC[C@H](NCC(F)(F)F)C3)c12. The van der Waals surface area contributed by atoms with E-state index < -0.39 is 19.1 Å². The van der Waals surface area contributed by atoms with Crippen LogP contribution in [-0.2, 0) is 4.79 Å². The second-order valence-electron chi connectivity index (χ2n) is 25.8. The molecule has 0 unspecified atom stereocenters. The Balaban J connectivity index is 0.000000123. The second-order valence-corrected chi connectivity index (χ2v) is 27.0. The molecule has 0 spiro atoms. The van der Waals surface area contributed by atoms with Crippen molar-refractivity contribution < 1.29 is 31.1 Å². The van der Waals surface area contributed by atoms with Gasteiger partial charge in [-0.05, 0) is 56.0 Å². The van der Waals surface area contributed by atoms with Crippen molar-refractivity contribution in [2.45, 2.75) is 76.3 Å². The van der Waals surface area contributed by atoms with Gasteiger partial charge >= 0.3 is 6.18 Å². The van der Waals surface area contributed by atoms with E-state index in [0.717, 1.165) is 127 Å². The lowest BCUT2D eigenvalue weighted by atomic mass is 10.1. The Kier molecular flexibility index (Phi) is 21.2. The van der Waals surface area contributed by atoms with E-state index >= 15 is 0 Å². The Morgan fingerprint density at radius 2 is 0.894 bits per heavy atom. The summed E-state index contributed by atoms with van der Waals surface area (Å²) >= 11 is 19.5. The molecule has 16 rings (SSSR count). The Morgan fingerprint density at radius 3 is 1.29 bits per heavy atom. The van der Waals surface area contributed by atoms with Gasteiger partial charge in [0.05, 0.1) is 132 Å². The summed E-state index contributed by atoms with van der Waals surface area (Å²) in [7, 11) is 0. The van der Waals surface area contributed by atoms with Crippen molar-refractivity contribution in [2.24, 2.45) is 5.92 Å². The number of carbonyl (C=O) groups is 1. The van der Waals surface area contributed by atoms with Crippen LogP contribution < -0.4 is 40.9 Å². The largest absolute Gasteiger partial charge is 0.401 e. The van der Waals surface area contributed by atoms with E-state index in [-0.39, 0.29) is 49.2 Å². The van der Waals surface area contributed by atoms with Crippen LogP contribution in [0.5, 0.6) is 0 Å². The molecule has 12 aromatic rings. The van der Waals surface area contributed by atoms with Gasteiger partial charge in [-0.2, -0.15) is 34.2 Å². The molecule has 16 heterocycles. The summed E-state index contributed by atoms with van der Waals surface area (Å²) in [5.41, 5.74) is 10.7. The molecular formula is C70H65Cl3F6N24O. The Hall–Kier alpha value is -10.6. The zero-order chi connectivity index (χ0) is 73.1. The number of halogens is 9. The number of nitriles is 4. The number of fused-ring (bicyclic) bond motifs is 12. The normalized spacial score (nSPS) is 17.5. The molecule has 25 nitrogen and oxygen atoms in total. The molecule has 4 fully saturated rings. The summed E-state index contributed by atoms with van der Waals surface area (Å²) in [5, 5.41) is 56.8. The lowest BCUT2D eigenvalue weighted by Crippen LogP contribution is -2.39. The number of amides is 1. The first kappa shape index (κ1) is 71.7. The molecule has 0 bridgehead atoms. The second kappa shape index (κ2) is 30.7. The number of aromatic amines is 4. The molecule has 4 atom stereocenters. The standard InChI is InChI=1S/C19H19ClN6O.C17H15ClF2N6.C17H16ClFN6.C17H15F3N6/c1-10(2)19(27)24-11-3-4-26(9-11)17-14(20)7-23-18-16(17)13-5-12(6-21)22-8-15(13)25-18;18-12-5-24-17-15(11-3-10(4-21)22-6-13(11)25-17)16(12)26-2-1-9(8-26)23-7-14(19)20;18-13-7-23-17-15(12-5-11(6-20)22-8-14(12)24-17)16(13)25-4-1-10(9-25)21-3-2-19;18-17(19,20)9-24-10-2-4-26(8-10)14-1-3-22-16-15(14)12-5-11(6-21)23-7-13(12)25-16/h5,7-8,10-11H,3-4,9H2,1-2H3,(H,23,25)(H,24,27);3,5-6,9,14,23H,1-2,7-8H2,(H,24,25);5,7-8,10,21H,1-4,9H2,(H,23,24);1,3,5,7,10,24H,2,4,8-9H2,(H,22,25)/t11-;9-;2*10-/m0000/s1. The quantitative estimate of drug-likeness (QED) is 0.0469. The van der Waals surface area contributed by atoms with Crippen LogP contribution in [0.3, 0.4) is 0 Å². The predicted molar refractivity (Wildman–Crippen MR) is 387 cm³/mol. The van der Waals surface area contributed by atoms with E-state index in [0.29, 0.717) is 106 Å². The molecule has 1 amide bonds. The number of pyridine rings is 8. The zero-order valence-corrected chi connectivity index (χ0v) is 58.0. The van der Waals surface area contributed by atoms with Crippen molar-refractivity contribution in [3.63, 3.8) is 0 Å². The van der Waals surface area contributed by atoms with Crippen LogP contribution >= 0.6 is 34.8 Å². The highest BCUT2D eigenvalue weighted by Gasteiger charge is 2.34. The molecule has 4 aliphatic rings. The first-order valence-corrected chi connectivity index (χ1v) is 34.5. The number of carbonyl (C=O) groups excluding carboxylic acids is 1. The van der Waals surface area contributed by atoms with Crippen LogP contribution in [0.4, 0.5) is 49.1 Å². The van der Waals surface area contributed by atoms with E-state index in [9.17, 15) is 36.4 Å². The van der Waals surface area contributed by atoms with Crippen LogP contribution in [0, 0.1) is 51.2 Å². The van der Waals surface area contributed by atoms with Crippen LogP contribution in [0.25, 0.3) is 87.7 Å². The van der Waals surface area contributed by atoms with E-state index in [1.807, 2.05) is 32.1 Å². The Morgan fingerprint density at radius 1 is 0.529 bits per heavy atom. The number of hydrogen-bond acceptors (Lipinski definition) is 20. The van der Waals surface area contributed by atoms with Crippen LogP contribution in [-0.4, -0.2) is 181 Å². The maximum Gasteiger partial charge on any atom is 0.401 e. The minimum absolute atomic E-state index is 0.0233. The molecule has 0 aliphatic carbocycles. The molecule has 0 aromatic carbocycles. The van der Waals surface area contributed by atoms with Crippen molar-refractivity contribution >= 4 is 151 Å². The third-order valence-corrected chi connectivity index (χ3v) is 19.5. The van der Waals surface area contributed by atoms with Crippen molar-refractivity contribution in [2.75, 3.05) is 98.3 Å². The lowest BCUT2D eigenvalue weighted by Gasteiger charge is -2.21. The van der Waals surface area contributed by atoms with Gasteiger partial charge in [-0.1, -0.05) is 48.7 Å². The molecule has 8 N–H and O–H groups in total. The molecule has 0 saturated carbocycles. The first-order valence-electron chi connectivity index (χ1n) is 33.4. The van der Waals surface area contributed by atoms with Gasteiger partial charge in [0.25, 0.3) is 6.43 Å². The summed E-state index contributed by atoms with van der Waals surface area (Å²) in [4.78, 5) is 67.2. The number of H-pyrrole nitrogens is 4. The minimum Gasteiger partial charge on any atom is -0.369 e. The number of rotatable bonds is 14. The van der Waals surface area contributed by atoms with Crippen LogP contribution in [0.2, 0.25) is 15.1 Å². The Labute approximate surface area is 603 Å². The fourth-order valence-electron chi connectivity index (χ4n) is 13.9. The number of aromatic nitrogens is 12. The zero-order valence-electron chi connectivity index (χ0n) is 55.7. The summed E-state index contributed by atoms with van der Waals surface area (Å²) in [6.45, 7) is 7.91. The highest BCUT2D eigenvalue weighted by molar-refractivity contribution is 6.37. The number of nitrogens with one attached hydrogen (secondary N) is 8. The van der Waals surface area contributed by atoms with Crippen LogP contribution in [0.1, 0.15) is 62.3 Å². The van der Waals surface area contributed by atoms with Crippen molar-refractivity contribution in [1.82, 2.24) is 81.1 Å². The predicted octanol–water partition coefficient (Wildman–Crippen LogP) is 11.5. The summed E-state index contributed by atoms with van der Waals surface area (Å²) < 4.78 is 74.6. The van der Waals surface area contributed by atoms with E-state index in [1.165, 1.54) is 0 Å². The van der Waals surface area contributed by atoms with E-state index in [1.54, 1.807) is 73.8 Å². The van der Waals surface area contributed by atoms with Gasteiger partial charge in [0, 0.05) is 122 Å². The van der Waals surface area contributed by atoms with Crippen molar-refractivity contribution in [3.8, 4) is 24.3 Å². The fraction of sp³-hybridized carbons (Fsp3) is 0.357. The third-order valence-electron chi connectivity index (χ3n) is 18.7. The maximum absolute atomic E-state index is 12.4. The highest BCUT2D eigenvalue weighted by Crippen LogP contribution is 2.43. The molecule has 534 valence electrons. The van der Waals surface area contributed by atoms with Gasteiger partial charge in [0.15, 0.2) is 0 Å².